The Bertz CT molecular complexity index is 475. The van der Waals surface area contributed by atoms with Crippen molar-refractivity contribution in [1.29, 1.82) is 0 Å². The third-order valence-electron chi connectivity index (χ3n) is 3.37. The van der Waals surface area contributed by atoms with E-state index >= 15 is 0 Å². The lowest BCUT2D eigenvalue weighted by Crippen LogP contribution is -2.21. The number of carbonyl (C=O) groups excluding carboxylic acids is 1. The van der Waals surface area contributed by atoms with E-state index < -0.39 is 0 Å². The number of ketones is 1. The molecule has 0 amide bonds. The maximum Gasteiger partial charge on any atom is 0.168 e. The van der Waals surface area contributed by atoms with Crippen LogP contribution in [-0.2, 0) is 6.42 Å². The summed E-state index contributed by atoms with van der Waals surface area (Å²) >= 11 is 3.48. The fourth-order valence-corrected chi connectivity index (χ4v) is 2.55. The maximum absolute atomic E-state index is 12.6. The minimum Gasteiger partial charge on any atom is -0.294 e. The van der Waals surface area contributed by atoms with Crippen LogP contribution in [0.1, 0.15) is 70.3 Å². The van der Waals surface area contributed by atoms with Gasteiger partial charge in [-0.05, 0) is 42.4 Å². The van der Waals surface area contributed by atoms with E-state index in [-0.39, 0.29) is 11.2 Å². The van der Waals surface area contributed by atoms with Crippen LogP contribution in [0.15, 0.2) is 22.7 Å². The molecule has 0 unspecified atom stereocenters. The van der Waals surface area contributed by atoms with Gasteiger partial charge in [0, 0.05) is 15.5 Å². The predicted molar refractivity (Wildman–Crippen MR) is 90.3 cm³/mol. The molecule has 20 heavy (non-hydrogen) atoms. The van der Waals surface area contributed by atoms with Gasteiger partial charge in [0.15, 0.2) is 5.78 Å². The molecule has 0 heterocycles. The summed E-state index contributed by atoms with van der Waals surface area (Å²) in [6.45, 7) is 12.7. The molecule has 1 aromatic rings. The number of halogens is 1. The number of benzene rings is 1. The number of carbonyl (C=O) groups is 1. The molecule has 1 rings (SSSR count). The van der Waals surface area contributed by atoms with Crippen molar-refractivity contribution in [3.63, 3.8) is 0 Å². The Labute approximate surface area is 132 Å². The summed E-state index contributed by atoms with van der Waals surface area (Å²) in [6, 6.07) is 6.09. The highest BCUT2D eigenvalue weighted by molar-refractivity contribution is 9.10. The lowest BCUT2D eigenvalue weighted by atomic mass is 9.83. The second-order valence-corrected chi connectivity index (χ2v) is 8.71. The largest absolute Gasteiger partial charge is 0.294 e. The first-order chi connectivity index (χ1) is 9.00. The van der Waals surface area contributed by atoms with Crippen LogP contribution in [0.2, 0.25) is 0 Å². The zero-order chi connectivity index (χ0) is 15.6. The number of hydrogen-bond acceptors (Lipinski definition) is 1. The van der Waals surface area contributed by atoms with Gasteiger partial charge in [0.25, 0.3) is 0 Å². The third-order valence-corrected chi connectivity index (χ3v) is 3.86. The number of rotatable bonds is 4. The Morgan fingerprint density at radius 1 is 1.10 bits per heavy atom. The van der Waals surface area contributed by atoms with Crippen LogP contribution in [0.25, 0.3) is 0 Å². The summed E-state index contributed by atoms with van der Waals surface area (Å²) in [5.41, 5.74) is 2.07. The van der Waals surface area contributed by atoms with Crippen molar-refractivity contribution < 1.29 is 4.79 Å². The van der Waals surface area contributed by atoms with Gasteiger partial charge in [0.2, 0.25) is 0 Å². The molecule has 0 spiro atoms. The standard InChI is InChI=1S/C18H27BrO/c1-17(2,3)11-7-8-13-9-10-14(19)12-15(13)16(20)18(4,5)6/h9-10,12H,7-8,11H2,1-6H3. The van der Waals surface area contributed by atoms with E-state index in [0.717, 1.165) is 22.9 Å². The first kappa shape index (κ1) is 17.4. The molecular weight excluding hydrogens is 312 g/mol. The molecule has 112 valence electrons. The fourth-order valence-electron chi connectivity index (χ4n) is 2.19. The molecule has 0 saturated heterocycles. The molecule has 0 fully saturated rings. The van der Waals surface area contributed by atoms with Crippen LogP contribution in [0.5, 0.6) is 0 Å². The van der Waals surface area contributed by atoms with Crippen molar-refractivity contribution in [1.82, 2.24) is 0 Å². The van der Waals surface area contributed by atoms with E-state index in [9.17, 15) is 4.79 Å². The molecule has 0 saturated carbocycles. The van der Waals surface area contributed by atoms with Gasteiger partial charge < -0.3 is 0 Å². The van der Waals surface area contributed by atoms with Gasteiger partial charge in [-0.1, -0.05) is 63.5 Å². The highest BCUT2D eigenvalue weighted by Gasteiger charge is 2.25. The van der Waals surface area contributed by atoms with Crippen molar-refractivity contribution in [2.45, 2.75) is 60.8 Å². The quantitative estimate of drug-likeness (QED) is 0.611. The van der Waals surface area contributed by atoms with Crippen molar-refractivity contribution in [3.05, 3.63) is 33.8 Å². The third kappa shape index (κ3) is 5.40. The summed E-state index contributed by atoms with van der Waals surface area (Å²) in [5.74, 6) is 0.226. The summed E-state index contributed by atoms with van der Waals surface area (Å²) in [7, 11) is 0. The van der Waals surface area contributed by atoms with Crippen molar-refractivity contribution in [2.24, 2.45) is 10.8 Å². The Morgan fingerprint density at radius 3 is 2.20 bits per heavy atom. The molecule has 2 heteroatoms. The van der Waals surface area contributed by atoms with Crippen molar-refractivity contribution in [3.8, 4) is 0 Å². The van der Waals surface area contributed by atoms with Gasteiger partial charge in [0.1, 0.15) is 0 Å². The summed E-state index contributed by atoms with van der Waals surface area (Å²) in [5, 5.41) is 0. The topological polar surface area (TPSA) is 17.1 Å². The minimum absolute atomic E-state index is 0.226. The van der Waals surface area contributed by atoms with Crippen LogP contribution < -0.4 is 0 Å². The van der Waals surface area contributed by atoms with E-state index in [2.05, 4.69) is 42.8 Å². The Balaban J connectivity index is 2.94. The molecule has 1 nitrogen and oxygen atoms in total. The molecule has 0 bridgehead atoms. The van der Waals surface area contributed by atoms with Crippen LogP contribution in [-0.4, -0.2) is 5.78 Å². The lowest BCUT2D eigenvalue weighted by Gasteiger charge is -2.21. The molecule has 0 radical (unpaired) electrons. The summed E-state index contributed by atoms with van der Waals surface area (Å²) in [4.78, 5) is 12.6. The normalized spacial score (nSPS) is 12.6. The Hall–Kier alpha value is -0.630. The monoisotopic (exact) mass is 338 g/mol. The molecule has 0 aliphatic heterocycles. The van der Waals surface area contributed by atoms with Crippen molar-refractivity contribution >= 4 is 21.7 Å². The molecule has 0 atom stereocenters. The Morgan fingerprint density at radius 2 is 1.70 bits per heavy atom. The summed E-state index contributed by atoms with van der Waals surface area (Å²) < 4.78 is 0.977. The number of aryl methyl sites for hydroxylation is 1. The highest BCUT2D eigenvalue weighted by Crippen LogP contribution is 2.28. The van der Waals surface area contributed by atoms with Gasteiger partial charge in [-0.15, -0.1) is 0 Å². The molecular formula is C18H27BrO. The first-order valence-electron chi connectivity index (χ1n) is 7.34. The molecule has 1 aromatic carbocycles. The number of hydrogen-bond donors (Lipinski definition) is 0. The molecule has 0 aliphatic carbocycles. The van der Waals surface area contributed by atoms with Gasteiger partial charge in [0.05, 0.1) is 0 Å². The lowest BCUT2D eigenvalue weighted by molar-refractivity contribution is 0.0857. The van der Waals surface area contributed by atoms with Crippen LogP contribution >= 0.6 is 15.9 Å². The average Bonchev–Trinajstić information content (AvgIpc) is 2.27. The van der Waals surface area contributed by atoms with E-state index in [4.69, 9.17) is 0 Å². The maximum atomic E-state index is 12.6. The van der Waals surface area contributed by atoms with Crippen LogP contribution in [0.3, 0.4) is 0 Å². The zero-order valence-electron chi connectivity index (χ0n) is 13.6. The smallest absolute Gasteiger partial charge is 0.168 e. The molecule has 0 N–H and O–H groups in total. The summed E-state index contributed by atoms with van der Waals surface area (Å²) in [6.07, 6.45) is 3.27. The van der Waals surface area contributed by atoms with E-state index in [1.54, 1.807) is 0 Å². The second-order valence-electron chi connectivity index (χ2n) is 7.79. The zero-order valence-corrected chi connectivity index (χ0v) is 15.2. The second kappa shape index (κ2) is 6.43. The van der Waals surface area contributed by atoms with Crippen molar-refractivity contribution in [2.75, 3.05) is 0 Å². The first-order valence-corrected chi connectivity index (χ1v) is 8.13. The van der Waals surface area contributed by atoms with E-state index in [0.29, 0.717) is 5.41 Å². The van der Waals surface area contributed by atoms with E-state index in [1.807, 2.05) is 32.9 Å². The average molecular weight is 339 g/mol. The van der Waals surface area contributed by atoms with Gasteiger partial charge >= 0.3 is 0 Å². The predicted octanol–water partition coefficient (Wildman–Crippen LogP) is 6.05. The minimum atomic E-state index is -0.334. The van der Waals surface area contributed by atoms with Crippen LogP contribution in [0, 0.1) is 10.8 Å². The Kier molecular flexibility index (Phi) is 5.60. The van der Waals surface area contributed by atoms with E-state index in [1.165, 1.54) is 12.0 Å². The highest BCUT2D eigenvalue weighted by atomic mass is 79.9. The van der Waals surface area contributed by atoms with Crippen LogP contribution in [0.4, 0.5) is 0 Å². The molecule has 0 aromatic heterocycles. The van der Waals surface area contributed by atoms with Gasteiger partial charge in [-0.2, -0.15) is 0 Å². The van der Waals surface area contributed by atoms with Gasteiger partial charge in [-0.3, -0.25) is 4.79 Å². The SMILES string of the molecule is CC(C)(C)CCCc1ccc(Br)cc1C(=O)C(C)(C)C. The molecule has 0 aliphatic rings. The number of Topliss-reactive ketones (excluding diaryl/α,β-unsaturated/α-hetero) is 1. The van der Waals surface area contributed by atoms with Gasteiger partial charge in [-0.25, -0.2) is 0 Å². The fraction of sp³-hybridized carbons (Fsp3) is 0.611.